The van der Waals surface area contributed by atoms with Crippen molar-refractivity contribution in [2.24, 2.45) is 0 Å². The summed E-state index contributed by atoms with van der Waals surface area (Å²) in [5.41, 5.74) is 0. The first kappa shape index (κ1) is 10.2. The lowest BCUT2D eigenvalue weighted by Gasteiger charge is -1.75. The number of rotatable bonds is 0. The molecular weight excluding hydrogens is 116 g/mol. The normalized spacial score (nSPS) is 5.75. The molecule has 43 valence electrons. The van der Waals surface area contributed by atoms with Gasteiger partial charge in [-0.15, -0.1) is 0 Å². The zero-order valence-corrected chi connectivity index (χ0v) is 6.39. The second-order valence-corrected chi connectivity index (χ2v) is 4.72. The average Bonchev–Trinajstić information content (AvgIpc) is 1.65. The summed E-state index contributed by atoms with van der Waals surface area (Å²) in [5.74, 6) is 0. The van der Waals surface area contributed by atoms with Crippen LogP contribution in [0.2, 0.25) is 19.6 Å². The minimum atomic E-state index is 0.120. The summed E-state index contributed by atoms with van der Waals surface area (Å²) in [6.07, 6.45) is 0. The number of hydrogen-bond donors (Lipinski definition) is 0. The van der Waals surface area contributed by atoms with Gasteiger partial charge in [-0.3, -0.25) is 0 Å². The van der Waals surface area contributed by atoms with Gasteiger partial charge < -0.3 is 0 Å². The van der Waals surface area contributed by atoms with Gasteiger partial charge >= 0.3 is 0 Å². The second kappa shape index (κ2) is 9.50. The van der Waals surface area contributed by atoms with Gasteiger partial charge in [-0.05, 0) is 0 Å². The predicted molar refractivity (Wildman–Crippen MR) is 34.6 cm³/mol. The predicted octanol–water partition coefficient (Wildman–Crippen LogP) is 1.40. The van der Waals surface area contributed by atoms with Crippen LogP contribution in [0.3, 0.4) is 0 Å². The highest BCUT2D eigenvalue weighted by atomic mass is 28.3. The van der Waals surface area contributed by atoms with Crippen LogP contribution in [0.5, 0.6) is 0 Å². The molecule has 0 aliphatic rings. The smallest absolute Gasteiger partial charge is 0.181 e. The lowest BCUT2D eigenvalue weighted by Crippen LogP contribution is -1.84. The third-order valence-electron chi connectivity index (χ3n) is 0.0500. The van der Waals surface area contributed by atoms with Crippen molar-refractivity contribution < 1.29 is 0 Å². The van der Waals surface area contributed by atoms with E-state index in [1.54, 1.807) is 0 Å². The van der Waals surface area contributed by atoms with Gasteiger partial charge in [0.15, 0.2) is 12.1 Å². The van der Waals surface area contributed by atoms with Crippen molar-refractivity contribution in [3.63, 3.8) is 0 Å². The van der Waals surface area contributed by atoms with Crippen molar-refractivity contribution in [1.82, 2.24) is 0 Å². The van der Waals surface area contributed by atoms with E-state index in [2.05, 4.69) is 19.6 Å². The highest BCUT2D eigenvalue weighted by molar-refractivity contribution is 6.54. The molecule has 0 aliphatic heterocycles. The average molecular weight is 125 g/mol. The molecule has 0 fully saturated rings. The Bertz CT molecular complexity index is 91.8. The molecule has 1 radical (unpaired) electrons. The van der Waals surface area contributed by atoms with Crippen molar-refractivity contribution in [3.05, 3.63) is 0 Å². The molecule has 0 aromatic carbocycles. The molecule has 0 unspecified atom stereocenters. The maximum Gasteiger partial charge on any atom is 0.181 e. The molecule has 0 saturated carbocycles. The van der Waals surface area contributed by atoms with E-state index in [9.17, 15) is 0 Å². The molecule has 0 rings (SSSR count). The third kappa shape index (κ3) is 2360. The Kier molecular flexibility index (Phi) is 12.2. The molecule has 0 aromatic rings. The van der Waals surface area contributed by atoms with E-state index in [1.165, 1.54) is 12.1 Å². The number of nitrogens with zero attached hydrogens (tertiary/aromatic N) is 2. The summed E-state index contributed by atoms with van der Waals surface area (Å²) < 4.78 is 0. The molecule has 3 heteroatoms. The topological polar surface area (TPSA) is 47.6 Å². The summed E-state index contributed by atoms with van der Waals surface area (Å²) in [6.45, 7) is 6.81. The first-order chi connectivity index (χ1) is 3.65. The molecule has 2 nitrogen and oxygen atoms in total. The van der Waals surface area contributed by atoms with Gasteiger partial charge in [0.25, 0.3) is 0 Å². The lowest BCUT2D eigenvalue weighted by atomic mass is 10.9. The maximum atomic E-state index is 7.26. The van der Waals surface area contributed by atoms with Crippen LogP contribution in [-0.4, -0.2) is 8.80 Å². The van der Waals surface area contributed by atoms with Gasteiger partial charge in [-0.2, -0.15) is 10.5 Å². The van der Waals surface area contributed by atoms with Crippen molar-refractivity contribution in [2.45, 2.75) is 19.6 Å². The molecule has 0 spiro atoms. The minimum Gasteiger partial charge on any atom is -0.181 e. The fraction of sp³-hybridized carbons (Fsp3) is 0.600. The monoisotopic (exact) mass is 125 g/mol. The first-order valence-electron chi connectivity index (χ1n) is 2.20. The highest BCUT2D eigenvalue weighted by Crippen LogP contribution is 1.68. The Hall–Kier alpha value is -0.803. The van der Waals surface area contributed by atoms with Crippen LogP contribution in [0.1, 0.15) is 0 Å². The van der Waals surface area contributed by atoms with Crippen molar-refractivity contribution >= 4 is 8.80 Å². The Balaban J connectivity index is 0. The van der Waals surface area contributed by atoms with Gasteiger partial charge in [-0.1, -0.05) is 19.6 Å². The number of hydrogen-bond acceptors (Lipinski definition) is 2. The van der Waals surface area contributed by atoms with Crippen LogP contribution in [0.15, 0.2) is 0 Å². The molecule has 0 amide bonds. The summed E-state index contributed by atoms with van der Waals surface area (Å²) in [4.78, 5) is 0. The molecule has 0 bridgehead atoms. The first-order valence-corrected chi connectivity index (χ1v) is 5.20. The van der Waals surface area contributed by atoms with Gasteiger partial charge in [0.1, 0.15) is 0 Å². The van der Waals surface area contributed by atoms with E-state index < -0.39 is 0 Å². The summed E-state index contributed by atoms with van der Waals surface area (Å²) in [7, 11) is 0.120. The fourth-order valence-corrected chi connectivity index (χ4v) is 0. The molecular formula is C5H9N2Si. The van der Waals surface area contributed by atoms with Crippen LogP contribution < -0.4 is 0 Å². The molecule has 0 N–H and O–H groups in total. The van der Waals surface area contributed by atoms with E-state index in [-0.39, 0.29) is 8.80 Å². The van der Waals surface area contributed by atoms with Gasteiger partial charge in [-0.25, -0.2) is 0 Å². The Morgan fingerprint density at radius 3 is 1.12 bits per heavy atom. The van der Waals surface area contributed by atoms with Crippen LogP contribution in [-0.2, 0) is 0 Å². The van der Waals surface area contributed by atoms with Crippen LogP contribution >= 0.6 is 0 Å². The second-order valence-electron chi connectivity index (χ2n) is 1.72. The number of nitriles is 2. The highest BCUT2D eigenvalue weighted by Gasteiger charge is 1.72. The minimum absolute atomic E-state index is 0.120. The van der Waals surface area contributed by atoms with E-state index in [0.717, 1.165) is 0 Å². The molecule has 0 aliphatic carbocycles. The van der Waals surface area contributed by atoms with Crippen molar-refractivity contribution in [2.75, 3.05) is 0 Å². The Morgan fingerprint density at radius 1 is 1.00 bits per heavy atom. The van der Waals surface area contributed by atoms with E-state index in [4.69, 9.17) is 10.5 Å². The largest absolute Gasteiger partial charge is 0.181 e. The van der Waals surface area contributed by atoms with Crippen molar-refractivity contribution in [1.29, 1.82) is 10.5 Å². The van der Waals surface area contributed by atoms with Crippen LogP contribution in [0, 0.1) is 22.7 Å². The molecule has 0 aromatic heterocycles. The zero-order valence-electron chi connectivity index (χ0n) is 5.39. The van der Waals surface area contributed by atoms with Gasteiger partial charge in [0, 0.05) is 8.80 Å². The van der Waals surface area contributed by atoms with Crippen molar-refractivity contribution in [3.8, 4) is 12.1 Å². The third-order valence-corrected chi connectivity index (χ3v) is 0.0500. The molecule has 0 atom stereocenters. The molecule has 8 heavy (non-hydrogen) atoms. The SMILES string of the molecule is C[Si](C)C.N#CC#N. The lowest BCUT2D eigenvalue weighted by molar-refractivity contribution is 1.49. The van der Waals surface area contributed by atoms with E-state index in [0.29, 0.717) is 0 Å². The fourth-order valence-electron chi connectivity index (χ4n) is 0. The standard InChI is InChI=1S/C3H9Si.C2N2/c1-4(2)3;3-1-2-4/h1-3H3;. The molecule has 0 saturated heterocycles. The molecule has 0 heterocycles. The summed E-state index contributed by atoms with van der Waals surface area (Å²) in [6, 6.07) is 2.47. The summed E-state index contributed by atoms with van der Waals surface area (Å²) in [5, 5.41) is 14.5. The zero-order chi connectivity index (χ0) is 6.99. The Labute approximate surface area is 52.0 Å². The quantitative estimate of drug-likeness (QED) is 0.459. The van der Waals surface area contributed by atoms with E-state index >= 15 is 0 Å². The van der Waals surface area contributed by atoms with Crippen LogP contribution in [0.25, 0.3) is 0 Å². The summed E-state index contributed by atoms with van der Waals surface area (Å²) >= 11 is 0. The Morgan fingerprint density at radius 2 is 1.12 bits per heavy atom. The van der Waals surface area contributed by atoms with Crippen LogP contribution in [0.4, 0.5) is 0 Å². The maximum absolute atomic E-state index is 7.26. The van der Waals surface area contributed by atoms with Gasteiger partial charge in [0.05, 0.1) is 0 Å². The van der Waals surface area contributed by atoms with E-state index in [1.807, 2.05) is 0 Å². The van der Waals surface area contributed by atoms with Gasteiger partial charge in [0.2, 0.25) is 0 Å².